The SMILES string of the molecule is CCOc1nc2nn(C)cc2cc1-c1nc(-c2cccc3nn(C[C@H](F)c4ccc(C(=O)N(C)C)cc4)cc23)c(C2CC2)n1C. The van der Waals surface area contributed by atoms with E-state index in [0.29, 0.717) is 35.2 Å². The number of benzene rings is 2. The number of hydrogen-bond donors (Lipinski definition) is 0. The summed E-state index contributed by atoms with van der Waals surface area (Å²) in [6.07, 6.45) is 4.75. The van der Waals surface area contributed by atoms with Crippen LogP contribution in [0.15, 0.2) is 60.9 Å². The van der Waals surface area contributed by atoms with Crippen LogP contribution in [0.3, 0.4) is 0 Å². The summed E-state index contributed by atoms with van der Waals surface area (Å²) in [5, 5.41) is 11.0. The molecule has 1 atom stereocenters. The van der Waals surface area contributed by atoms with Gasteiger partial charge in [0.05, 0.1) is 29.9 Å². The molecule has 6 aromatic rings. The number of halogens is 1. The number of imidazole rings is 1. The molecule has 4 heterocycles. The summed E-state index contributed by atoms with van der Waals surface area (Å²) in [6.45, 7) is 2.46. The molecule has 1 fully saturated rings. The van der Waals surface area contributed by atoms with Crippen LogP contribution < -0.4 is 4.74 Å². The maximum Gasteiger partial charge on any atom is 0.253 e. The summed E-state index contributed by atoms with van der Waals surface area (Å²) in [4.78, 5) is 23.7. The molecule has 2 aromatic carbocycles. The lowest BCUT2D eigenvalue weighted by Crippen LogP contribution is -2.21. The highest BCUT2D eigenvalue weighted by Crippen LogP contribution is 2.47. The topological polar surface area (TPSA) is 95.9 Å². The van der Waals surface area contributed by atoms with Crippen LogP contribution in [0.5, 0.6) is 5.88 Å². The van der Waals surface area contributed by atoms with Crippen LogP contribution in [-0.4, -0.2) is 65.6 Å². The molecule has 4 aromatic heterocycles. The van der Waals surface area contributed by atoms with Crippen LogP contribution >= 0.6 is 0 Å². The number of nitrogens with zero attached hydrogens (tertiary/aromatic N) is 8. The van der Waals surface area contributed by atoms with E-state index in [9.17, 15) is 4.79 Å². The van der Waals surface area contributed by atoms with Crippen LogP contribution in [0.2, 0.25) is 0 Å². The maximum absolute atomic E-state index is 15.5. The number of aryl methyl sites for hydroxylation is 1. The standard InChI is InChI=1S/C34H35FN8O2/c1-6-45-33-25(16-23-17-41(4)39-31(23)37-33)32-36-29(30(42(32)5)21-12-13-21)24-8-7-9-28-26(24)18-43(38-28)19-27(35)20-10-14-22(15-11-20)34(44)40(2)3/h7-11,14-18,21,27H,6,12-13,19H2,1-5H3/t27-/m0/s1. The number of carbonyl (C=O) groups is 1. The van der Waals surface area contributed by atoms with E-state index < -0.39 is 6.17 Å². The fourth-order valence-electron chi connectivity index (χ4n) is 5.99. The molecule has 0 bridgehead atoms. The molecule has 45 heavy (non-hydrogen) atoms. The zero-order valence-electron chi connectivity index (χ0n) is 26.0. The van der Waals surface area contributed by atoms with Gasteiger partial charge in [-0.3, -0.25) is 14.2 Å². The molecule has 0 saturated heterocycles. The summed E-state index contributed by atoms with van der Waals surface area (Å²) >= 11 is 0. The third-order valence-electron chi connectivity index (χ3n) is 8.33. The second-order valence-electron chi connectivity index (χ2n) is 11.9. The molecule has 1 aliphatic carbocycles. The first-order valence-corrected chi connectivity index (χ1v) is 15.2. The van der Waals surface area contributed by atoms with Gasteiger partial charge in [-0.25, -0.2) is 9.37 Å². The first-order valence-electron chi connectivity index (χ1n) is 15.2. The quantitative estimate of drug-likeness (QED) is 0.198. The lowest BCUT2D eigenvalue weighted by atomic mass is 10.0. The van der Waals surface area contributed by atoms with Crippen molar-refractivity contribution >= 4 is 27.8 Å². The number of ether oxygens (including phenoxy) is 1. The second-order valence-corrected chi connectivity index (χ2v) is 11.9. The van der Waals surface area contributed by atoms with Crippen molar-refractivity contribution in [3.8, 4) is 28.5 Å². The molecule has 1 aliphatic rings. The lowest BCUT2D eigenvalue weighted by Gasteiger charge is -2.12. The second kappa shape index (κ2) is 11.1. The summed E-state index contributed by atoms with van der Waals surface area (Å²) in [6, 6.07) is 14.7. The highest BCUT2D eigenvalue weighted by Gasteiger charge is 2.33. The molecule has 7 rings (SSSR count). The number of alkyl halides is 1. The molecule has 0 radical (unpaired) electrons. The molecule has 10 nitrogen and oxygen atoms in total. The Morgan fingerprint density at radius 2 is 1.82 bits per heavy atom. The number of rotatable bonds is 9. The fourth-order valence-corrected chi connectivity index (χ4v) is 5.99. The Kier molecular flexibility index (Phi) is 7.10. The predicted molar refractivity (Wildman–Crippen MR) is 171 cm³/mol. The van der Waals surface area contributed by atoms with Crippen molar-refractivity contribution < 1.29 is 13.9 Å². The predicted octanol–water partition coefficient (Wildman–Crippen LogP) is 6.07. The van der Waals surface area contributed by atoms with Crippen LogP contribution in [0.25, 0.3) is 44.6 Å². The average molecular weight is 607 g/mol. The Morgan fingerprint density at radius 3 is 2.53 bits per heavy atom. The molecule has 230 valence electrons. The Labute approximate surface area is 260 Å². The lowest BCUT2D eigenvalue weighted by molar-refractivity contribution is 0.0827. The summed E-state index contributed by atoms with van der Waals surface area (Å²) < 4.78 is 27.1. The highest BCUT2D eigenvalue weighted by atomic mass is 19.1. The summed E-state index contributed by atoms with van der Waals surface area (Å²) in [5.74, 6) is 1.57. The monoisotopic (exact) mass is 606 g/mol. The van der Waals surface area contributed by atoms with Crippen molar-refractivity contribution in [2.45, 2.75) is 38.4 Å². The molecule has 1 saturated carbocycles. The third kappa shape index (κ3) is 5.22. The van der Waals surface area contributed by atoms with E-state index >= 15 is 4.39 Å². The molecule has 1 amide bonds. The summed E-state index contributed by atoms with van der Waals surface area (Å²) in [7, 11) is 7.32. The van der Waals surface area contributed by atoms with E-state index in [2.05, 4.69) is 22.8 Å². The Morgan fingerprint density at radius 1 is 1.04 bits per heavy atom. The van der Waals surface area contributed by atoms with Crippen LogP contribution in [0.1, 0.15) is 53.5 Å². The zero-order valence-corrected chi connectivity index (χ0v) is 26.0. The first-order chi connectivity index (χ1) is 21.7. The maximum atomic E-state index is 15.5. The van der Waals surface area contributed by atoms with Gasteiger partial charge in [-0.05, 0) is 49.6 Å². The smallest absolute Gasteiger partial charge is 0.253 e. The van der Waals surface area contributed by atoms with Gasteiger partial charge in [-0.15, -0.1) is 0 Å². The minimum absolute atomic E-state index is 0.0482. The molecule has 0 spiro atoms. The van der Waals surface area contributed by atoms with Gasteiger partial charge in [0.25, 0.3) is 5.91 Å². The molecule has 0 aliphatic heterocycles. The van der Waals surface area contributed by atoms with Crippen LogP contribution in [0.4, 0.5) is 4.39 Å². The van der Waals surface area contributed by atoms with E-state index in [1.807, 2.05) is 44.6 Å². The van der Waals surface area contributed by atoms with Gasteiger partial charge in [0, 0.05) is 74.1 Å². The van der Waals surface area contributed by atoms with Crippen molar-refractivity contribution in [2.24, 2.45) is 14.1 Å². The van der Waals surface area contributed by atoms with E-state index in [0.717, 1.165) is 57.5 Å². The number of pyridine rings is 1. The number of amides is 1. The van der Waals surface area contributed by atoms with Crippen molar-refractivity contribution in [1.82, 2.24) is 39.0 Å². The molecular weight excluding hydrogens is 571 g/mol. The van der Waals surface area contributed by atoms with Crippen molar-refractivity contribution in [2.75, 3.05) is 20.7 Å². The minimum atomic E-state index is -1.29. The Bertz CT molecular complexity index is 2050. The van der Waals surface area contributed by atoms with Gasteiger partial charge >= 0.3 is 0 Å². The Balaban J connectivity index is 1.26. The van der Waals surface area contributed by atoms with E-state index in [1.165, 1.54) is 4.90 Å². The average Bonchev–Trinajstić information content (AvgIpc) is 3.52. The normalized spacial score (nSPS) is 13.9. The van der Waals surface area contributed by atoms with E-state index in [1.54, 1.807) is 47.7 Å². The van der Waals surface area contributed by atoms with E-state index in [4.69, 9.17) is 19.8 Å². The van der Waals surface area contributed by atoms with Crippen molar-refractivity contribution in [1.29, 1.82) is 0 Å². The number of fused-ring (bicyclic) bond motifs is 2. The van der Waals surface area contributed by atoms with Gasteiger partial charge < -0.3 is 14.2 Å². The van der Waals surface area contributed by atoms with Gasteiger partial charge in [0.1, 0.15) is 12.0 Å². The zero-order chi connectivity index (χ0) is 31.4. The van der Waals surface area contributed by atoms with Crippen LogP contribution in [-0.2, 0) is 20.6 Å². The largest absolute Gasteiger partial charge is 0.477 e. The molecule has 11 heteroatoms. The fraction of sp³-hybridized carbons (Fsp3) is 0.324. The Hall–Kier alpha value is -5.06. The van der Waals surface area contributed by atoms with Gasteiger partial charge in [0.15, 0.2) is 5.65 Å². The molecule has 0 N–H and O–H groups in total. The summed E-state index contributed by atoms with van der Waals surface area (Å²) in [5.41, 5.74) is 6.25. The van der Waals surface area contributed by atoms with Gasteiger partial charge in [-0.2, -0.15) is 15.2 Å². The number of carbonyl (C=O) groups excluding carboxylic acids is 1. The number of aromatic nitrogens is 7. The van der Waals surface area contributed by atoms with Crippen LogP contribution in [0, 0.1) is 0 Å². The first kappa shape index (κ1) is 28.7. The number of hydrogen-bond acceptors (Lipinski definition) is 6. The van der Waals surface area contributed by atoms with E-state index in [-0.39, 0.29) is 12.5 Å². The highest BCUT2D eigenvalue weighted by molar-refractivity contribution is 5.95. The van der Waals surface area contributed by atoms with Gasteiger partial charge in [0.2, 0.25) is 5.88 Å². The molecular formula is C34H35FN8O2. The third-order valence-corrected chi connectivity index (χ3v) is 8.33. The van der Waals surface area contributed by atoms with Crippen molar-refractivity contribution in [3.05, 3.63) is 77.7 Å². The van der Waals surface area contributed by atoms with Gasteiger partial charge in [-0.1, -0.05) is 24.3 Å². The minimum Gasteiger partial charge on any atom is -0.477 e. The van der Waals surface area contributed by atoms with Crippen molar-refractivity contribution in [3.63, 3.8) is 0 Å². The molecule has 0 unspecified atom stereocenters.